The van der Waals surface area contributed by atoms with Crippen LogP contribution in [-0.4, -0.2) is 62.0 Å². The number of nitrogens with one attached hydrogen (secondary N) is 1. The summed E-state index contributed by atoms with van der Waals surface area (Å²) in [5.41, 5.74) is 1.11. The Morgan fingerprint density at radius 3 is 2.72 bits per heavy atom. The normalized spacial score (nSPS) is 15.9. The zero-order valence-corrected chi connectivity index (χ0v) is 16.7. The molecule has 1 fully saturated rings. The number of guanidine groups is 1. The third-order valence-corrected chi connectivity index (χ3v) is 6.39. The molecule has 1 saturated heterocycles. The average Bonchev–Trinajstić information content (AvgIpc) is 3.22. The lowest BCUT2D eigenvalue weighted by atomic mass is 10.1. The van der Waals surface area contributed by atoms with Gasteiger partial charge in [-0.15, -0.1) is 0 Å². The molecular weight excluding hydrogens is 399 g/mol. The Morgan fingerprint density at radius 2 is 2.10 bits per heavy atom. The maximum atomic E-state index is 14.0. The van der Waals surface area contributed by atoms with Gasteiger partial charge in [0.15, 0.2) is 5.96 Å². The molecule has 0 atom stereocenters. The van der Waals surface area contributed by atoms with Crippen molar-refractivity contribution >= 4 is 16.0 Å². The Labute approximate surface area is 168 Å². The smallest absolute Gasteiger partial charge is 0.220 e. The Balaban J connectivity index is 1.57. The maximum absolute atomic E-state index is 14.0. The molecule has 0 spiro atoms. The monoisotopic (exact) mass is 420 g/mol. The lowest BCUT2D eigenvalue weighted by Gasteiger charge is -2.35. The highest BCUT2D eigenvalue weighted by Gasteiger charge is 2.29. The molecule has 29 heavy (non-hydrogen) atoms. The number of aromatic nitrogens is 1. The van der Waals surface area contributed by atoms with Crippen LogP contribution in [-0.2, 0) is 22.3 Å². The molecule has 1 aliphatic rings. The van der Waals surface area contributed by atoms with Crippen molar-refractivity contribution < 1.29 is 17.3 Å². The van der Waals surface area contributed by atoms with Gasteiger partial charge in [-0.3, -0.25) is 4.99 Å². The number of nitrogens with zero attached hydrogens (tertiary/aromatic N) is 5. The van der Waals surface area contributed by atoms with Crippen molar-refractivity contribution in [2.24, 2.45) is 4.99 Å². The second-order valence-electron chi connectivity index (χ2n) is 6.45. The fourth-order valence-electron chi connectivity index (χ4n) is 3.05. The van der Waals surface area contributed by atoms with E-state index in [2.05, 4.69) is 20.0 Å². The Bertz CT molecular complexity index is 1010. The van der Waals surface area contributed by atoms with Gasteiger partial charge in [0.25, 0.3) is 0 Å². The summed E-state index contributed by atoms with van der Waals surface area (Å²) < 4.78 is 45.1. The number of sulfonamides is 1. The van der Waals surface area contributed by atoms with Crippen molar-refractivity contribution in [2.45, 2.75) is 12.3 Å². The largest absolute Gasteiger partial charge is 0.364 e. The summed E-state index contributed by atoms with van der Waals surface area (Å²) in [7, 11) is -1.88. The molecule has 0 radical (unpaired) electrons. The summed E-state index contributed by atoms with van der Waals surface area (Å²) in [5.74, 6) is -0.0682. The first-order valence-electron chi connectivity index (χ1n) is 8.94. The quantitative estimate of drug-likeness (QED) is 0.565. The van der Waals surface area contributed by atoms with E-state index in [4.69, 9.17) is 5.26 Å². The third-order valence-electron chi connectivity index (χ3n) is 4.58. The first-order chi connectivity index (χ1) is 13.9. The molecule has 11 heteroatoms. The summed E-state index contributed by atoms with van der Waals surface area (Å²) in [6.07, 6.45) is 1.34. The van der Waals surface area contributed by atoms with Crippen molar-refractivity contribution in [1.82, 2.24) is 19.7 Å². The second-order valence-corrected chi connectivity index (χ2v) is 8.42. The highest BCUT2D eigenvalue weighted by Crippen LogP contribution is 2.14. The van der Waals surface area contributed by atoms with E-state index in [1.165, 1.54) is 34.8 Å². The van der Waals surface area contributed by atoms with Crippen molar-refractivity contribution in [2.75, 3.05) is 33.2 Å². The van der Waals surface area contributed by atoms with E-state index >= 15 is 0 Å². The SMILES string of the molecule is CN=C(NCc1cc(C#N)ccc1F)N1CCN(S(=O)(=O)Cc2ccon2)CC1. The van der Waals surface area contributed by atoms with Gasteiger partial charge in [0.05, 0.1) is 17.3 Å². The van der Waals surface area contributed by atoms with E-state index < -0.39 is 15.8 Å². The lowest BCUT2D eigenvalue weighted by molar-refractivity contribution is 0.259. The van der Waals surface area contributed by atoms with Gasteiger partial charge in [0, 0.05) is 51.4 Å². The first kappa shape index (κ1) is 20.8. The number of halogens is 1. The van der Waals surface area contributed by atoms with Crippen molar-refractivity contribution in [1.29, 1.82) is 5.26 Å². The Morgan fingerprint density at radius 1 is 1.34 bits per heavy atom. The van der Waals surface area contributed by atoms with Gasteiger partial charge >= 0.3 is 0 Å². The zero-order valence-electron chi connectivity index (χ0n) is 15.9. The molecule has 1 aromatic carbocycles. The molecule has 2 heterocycles. The molecule has 154 valence electrons. The average molecular weight is 420 g/mol. The maximum Gasteiger partial charge on any atom is 0.220 e. The van der Waals surface area contributed by atoms with E-state index in [1.54, 1.807) is 7.05 Å². The van der Waals surface area contributed by atoms with Crippen molar-refractivity contribution in [3.63, 3.8) is 0 Å². The molecule has 1 aromatic heterocycles. The standard InChI is InChI=1S/C18H21FN6O3S/c1-21-18(22-12-15-10-14(11-20)2-3-17(15)19)24-5-7-25(8-6-24)29(26,27)13-16-4-9-28-23-16/h2-4,9-10H,5-8,12-13H2,1H3,(H,21,22). The van der Waals surface area contributed by atoms with E-state index in [0.29, 0.717) is 49.0 Å². The molecular formula is C18H21FN6O3S. The van der Waals surface area contributed by atoms with Crippen LogP contribution in [0, 0.1) is 17.1 Å². The molecule has 3 rings (SSSR count). The molecule has 0 saturated carbocycles. The van der Waals surface area contributed by atoms with Crippen LogP contribution in [0.1, 0.15) is 16.8 Å². The lowest BCUT2D eigenvalue weighted by Crippen LogP contribution is -2.53. The number of hydrogen-bond acceptors (Lipinski definition) is 6. The predicted molar refractivity (Wildman–Crippen MR) is 104 cm³/mol. The molecule has 0 aliphatic carbocycles. The van der Waals surface area contributed by atoms with Crippen LogP contribution in [0.2, 0.25) is 0 Å². The van der Waals surface area contributed by atoms with Crippen LogP contribution >= 0.6 is 0 Å². The van der Waals surface area contributed by atoms with E-state index in [1.807, 2.05) is 11.0 Å². The van der Waals surface area contributed by atoms with E-state index in [0.717, 1.165) is 0 Å². The number of rotatable bonds is 5. The minimum absolute atomic E-state index is 0.165. The topological polar surface area (TPSA) is 115 Å². The van der Waals surface area contributed by atoms with E-state index in [9.17, 15) is 12.8 Å². The number of hydrogen-bond donors (Lipinski definition) is 1. The summed E-state index contributed by atoms with van der Waals surface area (Å²) in [6, 6.07) is 7.69. The highest BCUT2D eigenvalue weighted by molar-refractivity contribution is 7.88. The summed E-state index contributed by atoms with van der Waals surface area (Å²) in [5, 5.41) is 15.7. The van der Waals surface area contributed by atoms with Gasteiger partial charge in [-0.25, -0.2) is 12.8 Å². The van der Waals surface area contributed by atoms with Crippen molar-refractivity contribution in [3.05, 3.63) is 53.2 Å². The first-order valence-corrected chi connectivity index (χ1v) is 10.5. The van der Waals surface area contributed by atoms with Gasteiger partial charge < -0.3 is 14.7 Å². The van der Waals surface area contributed by atoms with Crippen molar-refractivity contribution in [3.8, 4) is 6.07 Å². The van der Waals surface area contributed by atoms with Crippen LogP contribution in [0.3, 0.4) is 0 Å². The van der Waals surface area contributed by atoms with Gasteiger partial charge in [0.2, 0.25) is 10.0 Å². The molecule has 1 aliphatic heterocycles. The van der Waals surface area contributed by atoms with Gasteiger partial charge in [0.1, 0.15) is 17.8 Å². The van der Waals surface area contributed by atoms with Gasteiger partial charge in [-0.05, 0) is 18.2 Å². The minimum Gasteiger partial charge on any atom is -0.364 e. The second kappa shape index (κ2) is 9.02. The van der Waals surface area contributed by atoms with Crippen LogP contribution in [0.4, 0.5) is 4.39 Å². The third kappa shape index (κ3) is 5.10. The molecule has 1 N–H and O–H groups in total. The molecule has 9 nitrogen and oxygen atoms in total. The minimum atomic E-state index is -3.49. The molecule has 0 amide bonds. The fraction of sp³-hybridized carbons (Fsp3) is 0.389. The molecule has 0 bridgehead atoms. The zero-order chi connectivity index (χ0) is 20.9. The Kier molecular flexibility index (Phi) is 6.46. The van der Waals surface area contributed by atoms with Gasteiger partial charge in [-0.2, -0.15) is 9.57 Å². The van der Waals surface area contributed by atoms with Crippen LogP contribution in [0.15, 0.2) is 40.0 Å². The Hall–Kier alpha value is -2.97. The fourth-order valence-corrected chi connectivity index (χ4v) is 4.48. The number of nitriles is 1. The molecule has 0 unspecified atom stereocenters. The molecule has 2 aromatic rings. The number of piperazine rings is 1. The van der Waals surface area contributed by atoms with E-state index in [-0.39, 0.29) is 12.3 Å². The number of benzene rings is 1. The summed E-state index contributed by atoms with van der Waals surface area (Å²) >= 11 is 0. The van der Waals surface area contributed by atoms with Gasteiger partial charge in [-0.1, -0.05) is 5.16 Å². The predicted octanol–water partition coefficient (Wildman–Crippen LogP) is 0.908. The summed E-state index contributed by atoms with van der Waals surface area (Å²) in [6.45, 7) is 1.66. The van der Waals surface area contributed by atoms with Crippen LogP contribution in [0.5, 0.6) is 0 Å². The van der Waals surface area contributed by atoms with Crippen LogP contribution in [0.25, 0.3) is 0 Å². The number of aliphatic imine (C=N–C) groups is 1. The van der Waals surface area contributed by atoms with Crippen LogP contribution < -0.4 is 5.32 Å². The highest BCUT2D eigenvalue weighted by atomic mass is 32.2. The summed E-state index contributed by atoms with van der Waals surface area (Å²) in [4.78, 5) is 6.11.